The third-order valence-corrected chi connectivity index (χ3v) is 2.42. The van der Waals surface area contributed by atoms with E-state index < -0.39 is 12.8 Å². The molecule has 1 saturated heterocycles. The van der Waals surface area contributed by atoms with E-state index >= 15 is 0 Å². The van der Waals surface area contributed by atoms with Crippen molar-refractivity contribution >= 4 is 0 Å². The summed E-state index contributed by atoms with van der Waals surface area (Å²) in [6.07, 6.45) is -3.34. The van der Waals surface area contributed by atoms with Gasteiger partial charge in [0.25, 0.3) is 0 Å². The van der Waals surface area contributed by atoms with Crippen LogP contribution in [0.3, 0.4) is 0 Å². The Balaban J connectivity index is 2.18. The molecular formula is C8H14F3NO. The third-order valence-electron chi connectivity index (χ3n) is 2.42. The van der Waals surface area contributed by atoms with Gasteiger partial charge >= 0.3 is 6.18 Å². The number of ether oxygens (including phenoxy) is 1. The maximum Gasteiger partial charge on any atom is 0.411 e. The lowest BCUT2D eigenvalue weighted by atomic mass is 9.80. The zero-order chi connectivity index (χ0) is 9.95. The first-order chi connectivity index (χ1) is 5.97. The molecule has 2 nitrogen and oxygen atoms in total. The Labute approximate surface area is 75.4 Å². The molecule has 1 aliphatic heterocycles. The van der Waals surface area contributed by atoms with Crippen molar-refractivity contribution in [1.82, 2.24) is 5.32 Å². The van der Waals surface area contributed by atoms with E-state index in [4.69, 9.17) is 0 Å². The number of nitrogens with one attached hydrogen (secondary N) is 1. The number of halogens is 3. The van der Waals surface area contributed by atoms with Crippen molar-refractivity contribution in [3.63, 3.8) is 0 Å². The second-order valence-electron chi connectivity index (χ2n) is 3.57. The molecule has 0 aliphatic carbocycles. The van der Waals surface area contributed by atoms with Crippen LogP contribution in [0.15, 0.2) is 0 Å². The molecule has 13 heavy (non-hydrogen) atoms. The van der Waals surface area contributed by atoms with Gasteiger partial charge in [0.2, 0.25) is 0 Å². The zero-order valence-corrected chi connectivity index (χ0v) is 7.58. The predicted octanol–water partition coefficient (Wildman–Crippen LogP) is 1.56. The van der Waals surface area contributed by atoms with Crippen molar-refractivity contribution in [2.75, 3.05) is 26.3 Å². The SMILES string of the molecule is CCC1(COCC(F)(F)F)CNC1. The van der Waals surface area contributed by atoms with Gasteiger partial charge in [-0.1, -0.05) is 6.92 Å². The van der Waals surface area contributed by atoms with E-state index in [-0.39, 0.29) is 12.0 Å². The van der Waals surface area contributed by atoms with Crippen molar-refractivity contribution in [2.45, 2.75) is 19.5 Å². The Kier molecular flexibility index (Phi) is 3.18. The second kappa shape index (κ2) is 3.84. The van der Waals surface area contributed by atoms with E-state index in [0.29, 0.717) is 0 Å². The standard InChI is InChI=1S/C8H14F3NO/c1-2-7(3-12-4-7)5-13-6-8(9,10)11/h12H,2-6H2,1H3. The highest BCUT2D eigenvalue weighted by molar-refractivity contribution is 4.90. The first-order valence-corrected chi connectivity index (χ1v) is 4.33. The fraction of sp³-hybridized carbons (Fsp3) is 1.00. The molecule has 0 aromatic rings. The van der Waals surface area contributed by atoms with Crippen LogP contribution in [-0.4, -0.2) is 32.5 Å². The molecule has 78 valence electrons. The quantitative estimate of drug-likeness (QED) is 0.738. The van der Waals surface area contributed by atoms with E-state index in [1.165, 1.54) is 0 Å². The van der Waals surface area contributed by atoms with Gasteiger partial charge in [0.1, 0.15) is 6.61 Å². The second-order valence-corrected chi connectivity index (χ2v) is 3.57. The van der Waals surface area contributed by atoms with Crippen LogP contribution in [0.5, 0.6) is 0 Å². The molecule has 1 aliphatic rings. The summed E-state index contributed by atoms with van der Waals surface area (Å²) < 4.78 is 39.8. The molecule has 0 unspecified atom stereocenters. The van der Waals surface area contributed by atoms with Gasteiger partial charge in [0.05, 0.1) is 6.61 Å². The summed E-state index contributed by atoms with van der Waals surface area (Å²) in [6.45, 7) is 2.57. The van der Waals surface area contributed by atoms with Gasteiger partial charge in [-0.25, -0.2) is 0 Å². The van der Waals surface area contributed by atoms with Crippen LogP contribution in [-0.2, 0) is 4.74 Å². The van der Waals surface area contributed by atoms with Gasteiger partial charge in [-0.05, 0) is 6.42 Å². The van der Waals surface area contributed by atoms with E-state index in [9.17, 15) is 13.2 Å². The molecule has 1 rings (SSSR count). The summed E-state index contributed by atoms with van der Waals surface area (Å²) in [7, 11) is 0. The molecule has 0 atom stereocenters. The van der Waals surface area contributed by atoms with Crippen LogP contribution in [0.2, 0.25) is 0 Å². The summed E-state index contributed by atoms with van der Waals surface area (Å²) >= 11 is 0. The maximum atomic E-state index is 11.7. The zero-order valence-electron chi connectivity index (χ0n) is 7.58. The fourth-order valence-corrected chi connectivity index (χ4v) is 1.32. The number of hydrogen-bond donors (Lipinski definition) is 1. The largest absolute Gasteiger partial charge is 0.411 e. The molecule has 0 spiro atoms. The van der Waals surface area contributed by atoms with E-state index in [2.05, 4.69) is 10.1 Å². The Morgan fingerprint density at radius 2 is 2.00 bits per heavy atom. The van der Waals surface area contributed by atoms with Crippen molar-refractivity contribution < 1.29 is 17.9 Å². The van der Waals surface area contributed by atoms with Crippen LogP contribution in [0.4, 0.5) is 13.2 Å². The van der Waals surface area contributed by atoms with E-state index in [1.54, 1.807) is 0 Å². The summed E-state index contributed by atoms with van der Waals surface area (Å²) in [5.41, 5.74) is -0.0503. The molecule has 1 fully saturated rings. The minimum absolute atomic E-state index is 0.0503. The highest BCUT2D eigenvalue weighted by atomic mass is 19.4. The third kappa shape index (κ3) is 3.15. The average Bonchev–Trinajstić information content (AvgIpc) is 1.92. The Morgan fingerprint density at radius 1 is 1.38 bits per heavy atom. The fourth-order valence-electron chi connectivity index (χ4n) is 1.32. The van der Waals surface area contributed by atoms with Crippen LogP contribution in [0.1, 0.15) is 13.3 Å². The van der Waals surface area contributed by atoms with Crippen LogP contribution >= 0.6 is 0 Å². The van der Waals surface area contributed by atoms with Crippen molar-refractivity contribution in [3.05, 3.63) is 0 Å². The molecule has 0 saturated carbocycles. The van der Waals surface area contributed by atoms with Crippen LogP contribution < -0.4 is 5.32 Å². The number of hydrogen-bond acceptors (Lipinski definition) is 2. The molecule has 5 heteroatoms. The van der Waals surface area contributed by atoms with Gasteiger partial charge in [0.15, 0.2) is 0 Å². The first kappa shape index (κ1) is 10.8. The lowest BCUT2D eigenvalue weighted by Crippen LogP contribution is -2.55. The minimum atomic E-state index is -4.20. The Hall–Kier alpha value is -0.290. The normalized spacial score (nSPS) is 21.2. The van der Waals surface area contributed by atoms with Crippen molar-refractivity contribution in [3.8, 4) is 0 Å². The first-order valence-electron chi connectivity index (χ1n) is 4.33. The van der Waals surface area contributed by atoms with Crippen molar-refractivity contribution in [2.24, 2.45) is 5.41 Å². The summed E-state index contributed by atoms with van der Waals surface area (Å²) in [6, 6.07) is 0. The van der Waals surface area contributed by atoms with Gasteiger partial charge in [-0.2, -0.15) is 13.2 Å². The smallest absolute Gasteiger partial charge is 0.371 e. The highest BCUT2D eigenvalue weighted by Gasteiger charge is 2.37. The van der Waals surface area contributed by atoms with Crippen molar-refractivity contribution in [1.29, 1.82) is 0 Å². The lowest BCUT2D eigenvalue weighted by molar-refractivity contribution is -0.183. The molecule has 1 N–H and O–H groups in total. The number of alkyl halides is 3. The molecule has 0 aromatic carbocycles. The minimum Gasteiger partial charge on any atom is -0.371 e. The Morgan fingerprint density at radius 3 is 2.31 bits per heavy atom. The molecule has 0 radical (unpaired) electrons. The van der Waals surface area contributed by atoms with Crippen LogP contribution in [0.25, 0.3) is 0 Å². The monoisotopic (exact) mass is 197 g/mol. The summed E-state index contributed by atoms with van der Waals surface area (Å²) in [4.78, 5) is 0. The summed E-state index contributed by atoms with van der Waals surface area (Å²) in [5.74, 6) is 0. The Bertz CT molecular complexity index is 160. The topological polar surface area (TPSA) is 21.3 Å². The maximum absolute atomic E-state index is 11.7. The molecule has 0 amide bonds. The molecule has 0 bridgehead atoms. The average molecular weight is 197 g/mol. The summed E-state index contributed by atoms with van der Waals surface area (Å²) in [5, 5.41) is 3.04. The van der Waals surface area contributed by atoms with E-state index in [0.717, 1.165) is 19.5 Å². The molecule has 1 heterocycles. The number of rotatable bonds is 4. The highest BCUT2D eigenvalue weighted by Crippen LogP contribution is 2.27. The van der Waals surface area contributed by atoms with Crippen LogP contribution in [0, 0.1) is 5.41 Å². The predicted molar refractivity (Wildman–Crippen MR) is 42.5 cm³/mol. The van der Waals surface area contributed by atoms with E-state index in [1.807, 2.05) is 6.92 Å². The van der Waals surface area contributed by atoms with Gasteiger partial charge in [-0.15, -0.1) is 0 Å². The van der Waals surface area contributed by atoms with Gasteiger partial charge in [0, 0.05) is 18.5 Å². The lowest BCUT2D eigenvalue weighted by Gasteiger charge is -2.41. The van der Waals surface area contributed by atoms with Gasteiger partial charge in [-0.3, -0.25) is 0 Å². The van der Waals surface area contributed by atoms with Gasteiger partial charge < -0.3 is 10.1 Å². The molecule has 0 aromatic heterocycles. The molecular weight excluding hydrogens is 183 g/mol.